The van der Waals surface area contributed by atoms with Gasteiger partial charge in [0.25, 0.3) is 0 Å². The van der Waals surface area contributed by atoms with Crippen molar-refractivity contribution in [3.63, 3.8) is 0 Å². The van der Waals surface area contributed by atoms with Crippen molar-refractivity contribution < 1.29 is 0 Å². The molecule has 0 saturated heterocycles. The fourth-order valence-electron chi connectivity index (χ4n) is 1.51. The van der Waals surface area contributed by atoms with Gasteiger partial charge in [-0.15, -0.1) is 0 Å². The molecule has 1 aromatic carbocycles. The largest absolute Gasteiger partial charge is 0.374 e. The molecule has 1 unspecified atom stereocenters. The van der Waals surface area contributed by atoms with Crippen LogP contribution in [0, 0.1) is 12.8 Å². The second kappa shape index (κ2) is 5.01. The van der Waals surface area contributed by atoms with E-state index in [-0.39, 0.29) is 0 Å². The zero-order valence-corrected chi connectivity index (χ0v) is 9.33. The van der Waals surface area contributed by atoms with Gasteiger partial charge in [0.2, 0.25) is 0 Å². The van der Waals surface area contributed by atoms with E-state index >= 15 is 0 Å². The van der Waals surface area contributed by atoms with Gasteiger partial charge in [-0.05, 0) is 37.1 Å². The summed E-state index contributed by atoms with van der Waals surface area (Å²) in [5.41, 5.74) is 8.17. The predicted octanol–water partition coefficient (Wildman–Crippen LogP) is 2.03. The molecule has 2 nitrogen and oxygen atoms in total. The van der Waals surface area contributed by atoms with Gasteiger partial charge < -0.3 is 10.6 Å². The average molecular weight is 192 g/mol. The van der Waals surface area contributed by atoms with E-state index in [1.54, 1.807) is 0 Å². The highest BCUT2D eigenvalue weighted by molar-refractivity contribution is 5.47. The van der Waals surface area contributed by atoms with E-state index in [2.05, 4.69) is 50.1 Å². The second-order valence-electron chi connectivity index (χ2n) is 4.06. The van der Waals surface area contributed by atoms with Crippen molar-refractivity contribution in [2.75, 3.05) is 25.0 Å². The van der Waals surface area contributed by atoms with Crippen LogP contribution in [0.2, 0.25) is 0 Å². The first kappa shape index (κ1) is 11.1. The summed E-state index contributed by atoms with van der Waals surface area (Å²) in [6, 6.07) is 8.54. The molecule has 0 amide bonds. The molecule has 1 rings (SSSR count). The average Bonchev–Trinajstić information content (AvgIpc) is 2.17. The lowest BCUT2D eigenvalue weighted by Crippen LogP contribution is -2.28. The van der Waals surface area contributed by atoms with Crippen LogP contribution in [0.25, 0.3) is 0 Å². The van der Waals surface area contributed by atoms with Crippen LogP contribution in [0.15, 0.2) is 24.3 Å². The second-order valence-corrected chi connectivity index (χ2v) is 4.06. The molecular weight excluding hydrogens is 172 g/mol. The number of rotatable bonds is 4. The van der Waals surface area contributed by atoms with E-state index in [0.29, 0.717) is 5.92 Å². The Balaban J connectivity index is 2.64. The molecule has 0 heterocycles. The first-order valence-electron chi connectivity index (χ1n) is 5.11. The first-order chi connectivity index (χ1) is 6.63. The molecule has 1 aromatic rings. The van der Waals surface area contributed by atoms with Gasteiger partial charge in [-0.3, -0.25) is 0 Å². The highest BCUT2D eigenvalue weighted by atomic mass is 15.1. The van der Waals surface area contributed by atoms with Crippen LogP contribution in [-0.4, -0.2) is 20.1 Å². The molecular formula is C12H20N2. The van der Waals surface area contributed by atoms with Gasteiger partial charge in [-0.2, -0.15) is 0 Å². The number of hydrogen-bond acceptors (Lipinski definition) is 2. The van der Waals surface area contributed by atoms with Crippen LogP contribution in [0.1, 0.15) is 12.5 Å². The van der Waals surface area contributed by atoms with Crippen molar-refractivity contribution in [3.8, 4) is 0 Å². The molecule has 0 fully saturated rings. The minimum atomic E-state index is 0.542. The normalized spacial score (nSPS) is 12.6. The zero-order chi connectivity index (χ0) is 10.6. The molecule has 2 heteroatoms. The molecule has 0 aliphatic carbocycles. The third-order valence-electron chi connectivity index (χ3n) is 2.43. The monoisotopic (exact) mass is 192 g/mol. The smallest absolute Gasteiger partial charge is 0.0366 e. The number of hydrogen-bond donors (Lipinski definition) is 1. The van der Waals surface area contributed by atoms with Crippen molar-refractivity contribution in [1.29, 1.82) is 0 Å². The van der Waals surface area contributed by atoms with Crippen LogP contribution in [0.5, 0.6) is 0 Å². The van der Waals surface area contributed by atoms with Gasteiger partial charge in [0, 0.05) is 19.3 Å². The highest BCUT2D eigenvalue weighted by Gasteiger charge is 2.05. The number of benzene rings is 1. The minimum absolute atomic E-state index is 0.542. The van der Waals surface area contributed by atoms with Crippen molar-refractivity contribution in [2.24, 2.45) is 11.7 Å². The molecule has 2 N–H and O–H groups in total. The molecule has 0 radical (unpaired) electrons. The van der Waals surface area contributed by atoms with Gasteiger partial charge in [0.15, 0.2) is 0 Å². The summed E-state index contributed by atoms with van der Waals surface area (Å²) < 4.78 is 0. The lowest BCUT2D eigenvalue weighted by Gasteiger charge is -2.22. The molecule has 0 aromatic heterocycles. The summed E-state index contributed by atoms with van der Waals surface area (Å²) in [5, 5.41) is 0. The summed E-state index contributed by atoms with van der Waals surface area (Å²) in [5.74, 6) is 0.542. The molecule has 0 aliphatic rings. The predicted molar refractivity (Wildman–Crippen MR) is 62.7 cm³/mol. The Kier molecular flexibility index (Phi) is 3.96. The van der Waals surface area contributed by atoms with Crippen molar-refractivity contribution in [3.05, 3.63) is 29.8 Å². The Morgan fingerprint density at radius 3 is 2.71 bits per heavy atom. The lowest BCUT2D eigenvalue weighted by atomic mass is 10.1. The van der Waals surface area contributed by atoms with Crippen molar-refractivity contribution in [1.82, 2.24) is 0 Å². The fourth-order valence-corrected chi connectivity index (χ4v) is 1.51. The van der Waals surface area contributed by atoms with Crippen LogP contribution in [0.3, 0.4) is 0 Å². The van der Waals surface area contributed by atoms with Gasteiger partial charge in [-0.25, -0.2) is 0 Å². The minimum Gasteiger partial charge on any atom is -0.374 e. The van der Waals surface area contributed by atoms with E-state index in [1.807, 2.05) is 0 Å². The topological polar surface area (TPSA) is 29.3 Å². The molecule has 0 spiro atoms. The summed E-state index contributed by atoms with van der Waals surface area (Å²) in [6.07, 6.45) is 0. The maximum Gasteiger partial charge on any atom is 0.0366 e. The van der Waals surface area contributed by atoms with Gasteiger partial charge in [0.05, 0.1) is 0 Å². The van der Waals surface area contributed by atoms with Gasteiger partial charge in [-0.1, -0.05) is 19.1 Å². The van der Waals surface area contributed by atoms with Crippen molar-refractivity contribution in [2.45, 2.75) is 13.8 Å². The van der Waals surface area contributed by atoms with E-state index in [0.717, 1.165) is 13.1 Å². The third-order valence-corrected chi connectivity index (χ3v) is 2.43. The number of aryl methyl sites for hydroxylation is 1. The standard InChI is InChI=1S/C12H20N2/c1-10-5-4-6-12(7-10)14(3)9-11(2)8-13/h4-7,11H,8-9,13H2,1-3H3. The third kappa shape index (κ3) is 3.04. The Hall–Kier alpha value is -1.02. The lowest BCUT2D eigenvalue weighted by molar-refractivity contribution is 0.590. The van der Waals surface area contributed by atoms with Gasteiger partial charge >= 0.3 is 0 Å². The Morgan fingerprint density at radius 2 is 2.14 bits per heavy atom. The maximum atomic E-state index is 5.60. The first-order valence-corrected chi connectivity index (χ1v) is 5.11. The van der Waals surface area contributed by atoms with Crippen molar-refractivity contribution >= 4 is 5.69 Å². The van der Waals surface area contributed by atoms with E-state index < -0.39 is 0 Å². The van der Waals surface area contributed by atoms with Crippen LogP contribution < -0.4 is 10.6 Å². The summed E-state index contributed by atoms with van der Waals surface area (Å²) in [6.45, 7) is 6.05. The summed E-state index contributed by atoms with van der Waals surface area (Å²) in [7, 11) is 2.11. The molecule has 0 saturated carbocycles. The molecule has 78 valence electrons. The SMILES string of the molecule is Cc1cccc(N(C)CC(C)CN)c1. The van der Waals surface area contributed by atoms with E-state index in [9.17, 15) is 0 Å². The quantitative estimate of drug-likeness (QED) is 0.791. The summed E-state index contributed by atoms with van der Waals surface area (Å²) >= 11 is 0. The van der Waals surface area contributed by atoms with E-state index in [1.165, 1.54) is 11.3 Å². The number of anilines is 1. The van der Waals surface area contributed by atoms with Crippen LogP contribution in [0.4, 0.5) is 5.69 Å². The number of nitrogens with two attached hydrogens (primary N) is 1. The van der Waals surface area contributed by atoms with Gasteiger partial charge in [0.1, 0.15) is 0 Å². The fraction of sp³-hybridized carbons (Fsp3) is 0.500. The summed E-state index contributed by atoms with van der Waals surface area (Å²) in [4.78, 5) is 2.25. The molecule has 1 atom stereocenters. The molecule has 0 bridgehead atoms. The highest BCUT2D eigenvalue weighted by Crippen LogP contribution is 2.15. The zero-order valence-electron chi connectivity index (χ0n) is 9.33. The Bertz CT molecular complexity index is 283. The number of nitrogens with zero attached hydrogens (tertiary/aromatic N) is 1. The Morgan fingerprint density at radius 1 is 1.43 bits per heavy atom. The van der Waals surface area contributed by atoms with E-state index in [4.69, 9.17) is 5.73 Å². The maximum absolute atomic E-state index is 5.60. The Labute approximate surface area is 86.7 Å². The molecule has 14 heavy (non-hydrogen) atoms. The van der Waals surface area contributed by atoms with Crippen LogP contribution in [-0.2, 0) is 0 Å². The molecule has 0 aliphatic heterocycles. The van der Waals surface area contributed by atoms with Crippen LogP contribution >= 0.6 is 0 Å².